The topological polar surface area (TPSA) is 44.7 Å². The van der Waals surface area contributed by atoms with E-state index in [0.717, 1.165) is 17.5 Å². The van der Waals surface area contributed by atoms with Gasteiger partial charge in [-0.05, 0) is 65.1 Å². The molecule has 35 heavy (non-hydrogen) atoms. The summed E-state index contributed by atoms with van der Waals surface area (Å²) in [6, 6.07) is 29.7. The molecule has 0 fully saturated rings. The fourth-order valence-electron chi connectivity index (χ4n) is 4.19. The number of halogens is 2. The quantitative estimate of drug-likeness (QED) is 0.354. The van der Waals surface area contributed by atoms with Crippen LogP contribution >= 0.6 is 0 Å². The maximum Gasteiger partial charge on any atom is 0.342 e. The predicted molar refractivity (Wildman–Crippen MR) is 133 cm³/mol. The summed E-state index contributed by atoms with van der Waals surface area (Å²) in [7, 11) is 0. The van der Waals surface area contributed by atoms with Crippen molar-refractivity contribution in [2.24, 2.45) is 5.10 Å². The number of hydrogen-bond donors (Lipinski definition) is 1. The molecule has 0 saturated heterocycles. The second-order valence-corrected chi connectivity index (χ2v) is 8.47. The van der Waals surface area contributed by atoms with E-state index in [4.69, 9.17) is 0 Å². The normalized spacial score (nSPS) is 15.1. The maximum atomic E-state index is 13.5. The number of carbonyl (C=O) groups excluding carboxylic acids is 1. The molecule has 5 rings (SSSR count). The highest BCUT2D eigenvalue weighted by molar-refractivity contribution is 6.07. The van der Waals surface area contributed by atoms with E-state index in [1.165, 1.54) is 34.8 Å². The summed E-state index contributed by atoms with van der Waals surface area (Å²) in [4.78, 5) is 13.0. The first kappa shape index (κ1) is 22.5. The molecule has 4 aromatic rings. The zero-order valence-corrected chi connectivity index (χ0v) is 18.9. The standard InChI is InChI=1S/C29H23F2N3O/c30-24-12-8-22(9-13-24)27-19-34(33-28(27)23-10-14-25(31)15-11-23)29(35)32-26-16-6-21(7-17-26)18-20-4-2-1-3-5-20/h1-17,27H,18-19H2,(H,32,35). The SMILES string of the molecule is O=C(Nc1ccc(Cc2ccccc2)cc1)N1CC(c2ccc(F)cc2)C(c2ccc(F)cc2)=N1. The lowest BCUT2D eigenvalue weighted by molar-refractivity contribution is 0.218. The molecule has 0 bridgehead atoms. The van der Waals surface area contributed by atoms with Gasteiger partial charge in [0.05, 0.1) is 12.3 Å². The number of nitrogens with zero attached hydrogens (tertiary/aromatic N) is 2. The van der Waals surface area contributed by atoms with Crippen LogP contribution < -0.4 is 5.32 Å². The van der Waals surface area contributed by atoms with Gasteiger partial charge in [0.15, 0.2) is 0 Å². The first-order valence-corrected chi connectivity index (χ1v) is 11.4. The van der Waals surface area contributed by atoms with Crippen LogP contribution in [-0.2, 0) is 6.42 Å². The Labute approximate surface area is 202 Å². The minimum Gasteiger partial charge on any atom is -0.306 e. The average molecular weight is 468 g/mol. The third-order valence-corrected chi connectivity index (χ3v) is 6.02. The van der Waals surface area contributed by atoms with E-state index in [0.29, 0.717) is 17.0 Å². The number of hydrogen-bond acceptors (Lipinski definition) is 2. The van der Waals surface area contributed by atoms with Gasteiger partial charge in [0, 0.05) is 11.6 Å². The second kappa shape index (κ2) is 9.89. The molecule has 0 aliphatic carbocycles. The lowest BCUT2D eigenvalue weighted by Crippen LogP contribution is -2.30. The van der Waals surface area contributed by atoms with Crippen molar-refractivity contribution < 1.29 is 13.6 Å². The van der Waals surface area contributed by atoms with Crippen LogP contribution in [0.3, 0.4) is 0 Å². The van der Waals surface area contributed by atoms with E-state index >= 15 is 0 Å². The summed E-state index contributed by atoms with van der Waals surface area (Å²) in [6.45, 7) is 0.288. The number of hydrazone groups is 1. The molecule has 1 atom stereocenters. The highest BCUT2D eigenvalue weighted by atomic mass is 19.1. The number of nitrogens with one attached hydrogen (secondary N) is 1. The first-order chi connectivity index (χ1) is 17.0. The minimum atomic E-state index is -0.370. The molecule has 1 aliphatic rings. The number of carbonyl (C=O) groups is 1. The summed E-state index contributed by atoms with van der Waals surface area (Å²) in [5.41, 5.74) is 5.19. The highest BCUT2D eigenvalue weighted by Gasteiger charge is 2.32. The molecular formula is C29H23F2N3O. The third kappa shape index (κ3) is 5.27. The number of urea groups is 1. The molecular weight excluding hydrogens is 444 g/mol. The Morgan fingerprint density at radius 3 is 2.06 bits per heavy atom. The molecule has 0 saturated carbocycles. The molecule has 1 aliphatic heterocycles. The Morgan fingerprint density at radius 1 is 0.800 bits per heavy atom. The number of anilines is 1. The summed E-state index contributed by atoms with van der Waals surface area (Å²) < 4.78 is 27.0. The van der Waals surface area contributed by atoms with Crippen molar-refractivity contribution in [3.63, 3.8) is 0 Å². The Kier molecular flexibility index (Phi) is 6.35. The zero-order chi connectivity index (χ0) is 24.2. The van der Waals surface area contributed by atoms with Crippen LogP contribution in [0.1, 0.15) is 28.2 Å². The largest absolute Gasteiger partial charge is 0.342 e. The Balaban J connectivity index is 1.33. The molecule has 174 valence electrons. The Morgan fingerprint density at radius 2 is 1.40 bits per heavy atom. The van der Waals surface area contributed by atoms with Crippen LogP contribution in [0.15, 0.2) is 108 Å². The molecule has 0 spiro atoms. The van der Waals surface area contributed by atoms with Crippen LogP contribution in [0.25, 0.3) is 0 Å². The second-order valence-electron chi connectivity index (χ2n) is 8.47. The van der Waals surface area contributed by atoms with Crippen LogP contribution in [0.4, 0.5) is 19.3 Å². The van der Waals surface area contributed by atoms with Crippen molar-refractivity contribution in [3.8, 4) is 0 Å². The van der Waals surface area contributed by atoms with Crippen LogP contribution in [0, 0.1) is 11.6 Å². The van der Waals surface area contributed by atoms with Gasteiger partial charge in [0.2, 0.25) is 0 Å². The van der Waals surface area contributed by atoms with E-state index in [1.807, 2.05) is 42.5 Å². The zero-order valence-electron chi connectivity index (χ0n) is 18.9. The molecule has 0 radical (unpaired) electrons. The van der Waals surface area contributed by atoms with Gasteiger partial charge in [-0.25, -0.2) is 18.6 Å². The van der Waals surface area contributed by atoms with Gasteiger partial charge in [-0.1, -0.05) is 66.7 Å². The van der Waals surface area contributed by atoms with Gasteiger partial charge in [-0.15, -0.1) is 0 Å². The van der Waals surface area contributed by atoms with Gasteiger partial charge in [-0.2, -0.15) is 5.10 Å². The summed E-state index contributed by atoms with van der Waals surface area (Å²) in [6.07, 6.45) is 0.811. The fourth-order valence-corrected chi connectivity index (χ4v) is 4.19. The smallest absolute Gasteiger partial charge is 0.306 e. The van der Waals surface area contributed by atoms with Gasteiger partial charge in [-0.3, -0.25) is 0 Å². The van der Waals surface area contributed by atoms with Crippen molar-refractivity contribution in [1.82, 2.24) is 5.01 Å². The molecule has 2 amide bonds. The summed E-state index contributed by atoms with van der Waals surface area (Å²) in [5.74, 6) is -0.951. The molecule has 1 heterocycles. The van der Waals surface area contributed by atoms with Crippen molar-refractivity contribution in [1.29, 1.82) is 0 Å². The van der Waals surface area contributed by atoms with Crippen LogP contribution in [-0.4, -0.2) is 23.3 Å². The van der Waals surface area contributed by atoms with Gasteiger partial charge < -0.3 is 5.32 Å². The van der Waals surface area contributed by atoms with E-state index in [1.54, 1.807) is 24.3 Å². The third-order valence-electron chi connectivity index (χ3n) is 6.02. The average Bonchev–Trinajstić information content (AvgIpc) is 3.32. The first-order valence-electron chi connectivity index (χ1n) is 11.4. The van der Waals surface area contributed by atoms with Crippen molar-refractivity contribution in [3.05, 3.63) is 137 Å². The molecule has 4 aromatic carbocycles. The van der Waals surface area contributed by atoms with E-state index in [-0.39, 0.29) is 30.1 Å². The lowest BCUT2D eigenvalue weighted by Gasteiger charge is -2.16. The predicted octanol–water partition coefficient (Wildman–Crippen LogP) is 6.59. The Hall–Kier alpha value is -4.32. The number of benzene rings is 4. The van der Waals surface area contributed by atoms with Crippen molar-refractivity contribution in [2.45, 2.75) is 12.3 Å². The number of rotatable bonds is 5. The van der Waals surface area contributed by atoms with Crippen molar-refractivity contribution >= 4 is 17.4 Å². The lowest BCUT2D eigenvalue weighted by atomic mass is 9.90. The van der Waals surface area contributed by atoms with E-state index in [2.05, 4.69) is 22.6 Å². The monoisotopic (exact) mass is 467 g/mol. The van der Waals surface area contributed by atoms with Gasteiger partial charge in [0.1, 0.15) is 11.6 Å². The molecule has 1 N–H and O–H groups in total. The van der Waals surface area contributed by atoms with E-state index < -0.39 is 0 Å². The highest BCUT2D eigenvalue weighted by Crippen LogP contribution is 2.29. The summed E-state index contributed by atoms with van der Waals surface area (Å²) >= 11 is 0. The van der Waals surface area contributed by atoms with E-state index in [9.17, 15) is 13.6 Å². The molecule has 0 aromatic heterocycles. The van der Waals surface area contributed by atoms with Crippen molar-refractivity contribution in [2.75, 3.05) is 11.9 Å². The summed E-state index contributed by atoms with van der Waals surface area (Å²) in [5, 5.41) is 8.82. The Bertz CT molecular complexity index is 1340. The minimum absolute atomic E-state index is 0.264. The molecule has 1 unspecified atom stereocenters. The molecule has 6 heteroatoms. The van der Waals surface area contributed by atoms with Crippen LogP contribution in [0.5, 0.6) is 0 Å². The fraction of sp³-hybridized carbons (Fsp3) is 0.103. The maximum absolute atomic E-state index is 13.5. The number of amides is 2. The molecule has 4 nitrogen and oxygen atoms in total. The van der Waals surface area contributed by atoms with Gasteiger partial charge in [0.25, 0.3) is 0 Å². The van der Waals surface area contributed by atoms with Crippen LogP contribution in [0.2, 0.25) is 0 Å². The van der Waals surface area contributed by atoms with Gasteiger partial charge >= 0.3 is 6.03 Å².